The van der Waals surface area contributed by atoms with E-state index in [1.807, 2.05) is 12.4 Å². The van der Waals surface area contributed by atoms with Gasteiger partial charge in [-0.15, -0.1) is 0 Å². The normalized spacial score (nSPS) is 10.6. The first-order valence-corrected chi connectivity index (χ1v) is 7.07. The standard InChI is InChI=1S/C17H23N3/c1-5-18-11-15-12-19-7-6-17(15)20(4)16-9-13(2)8-14(3)10-16/h6-10,12,18H,5,11H2,1-4H3. The van der Waals surface area contributed by atoms with Gasteiger partial charge in [0.25, 0.3) is 0 Å². The van der Waals surface area contributed by atoms with Gasteiger partial charge in [-0.3, -0.25) is 4.98 Å². The molecule has 1 N–H and O–H groups in total. The van der Waals surface area contributed by atoms with E-state index in [4.69, 9.17) is 0 Å². The SMILES string of the molecule is CCNCc1cnccc1N(C)c1cc(C)cc(C)c1. The van der Waals surface area contributed by atoms with Crippen molar-refractivity contribution >= 4 is 11.4 Å². The maximum Gasteiger partial charge on any atom is 0.0484 e. The number of hydrogen-bond acceptors (Lipinski definition) is 3. The van der Waals surface area contributed by atoms with Gasteiger partial charge in [0.05, 0.1) is 0 Å². The summed E-state index contributed by atoms with van der Waals surface area (Å²) >= 11 is 0. The van der Waals surface area contributed by atoms with E-state index in [0.29, 0.717) is 0 Å². The first-order chi connectivity index (χ1) is 9.61. The molecule has 2 rings (SSSR count). The maximum absolute atomic E-state index is 4.24. The van der Waals surface area contributed by atoms with Gasteiger partial charge in [-0.2, -0.15) is 0 Å². The average molecular weight is 269 g/mol. The highest BCUT2D eigenvalue weighted by atomic mass is 15.1. The number of pyridine rings is 1. The number of nitrogens with one attached hydrogen (secondary N) is 1. The first-order valence-electron chi connectivity index (χ1n) is 7.07. The second-order valence-corrected chi connectivity index (χ2v) is 5.19. The van der Waals surface area contributed by atoms with E-state index >= 15 is 0 Å². The molecule has 0 spiro atoms. The summed E-state index contributed by atoms with van der Waals surface area (Å²) in [7, 11) is 2.11. The van der Waals surface area contributed by atoms with E-state index in [0.717, 1.165) is 13.1 Å². The van der Waals surface area contributed by atoms with Crippen molar-refractivity contribution in [3.8, 4) is 0 Å². The molecule has 0 atom stereocenters. The number of rotatable bonds is 5. The van der Waals surface area contributed by atoms with Crippen LogP contribution in [-0.2, 0) is 6.54 Å². The third kappa shape index (κ3) is 3.36. The molecule has 0 aliphatic heterocycles. The molecule has 20 heavy (non-hydrogen) atoms. The van der Waals surface area contributed by atoms with Crippen molar-refractivity contribution in [2.75, 3.05) is 18.5 Å². The number of benzene rings is 1. The maximum atomic E-state index is 4.24. The molecule has 0 radical (unpaired) electrons. The highest BCUT2D eigenvalue weighted by Crippen LogP contribution is 2.27. The minimum absolute atomic E-state index is 0.842. The number of aromatic nitrogens is 1. The van der Waals surface area contributed by atoms with Crippen LogP contribution in [0, 0.1) is 13.8 Å². The predicted molar refractivity (Wildman–Crippen MR) is 85.6 cm³/mol. The minimum atomic E-state index is 0.842. The molecular formula is C17H23N3. The van der Waals surface area contributed by atoms with Crippen molar-refractivity contribution in [3.05, 3.63) is 53.3 Å². The average Bonchev–Trinajstić information content (AvgIpc) is 2.43. The van der Waals surface area contributed by atoms with E-state index < -0.39 is 0 Å². The molecular weight excluding hydrogens is 246 g/mol. The van der Waals surface area contributed by atoms with E-state index in [2.05, 4.69) is 67.3 Å². The van der Waals surface area contributed by atoms with Gasteiger partial charge >= 0.3 is 0 Å². The van der Waals surface area contributed by atoms with E-state index in [-0.39, 0.29) is 0 Å². The summed E-state index contributed by atoms with van der Waals surface area (Å²) in [6.45, 7) is 8.19. The second kappa shape index (κ2) is 6.53. The molecule has 0 unspecified atom stereocenters. The van der Waals surface area contributed by atoms with Crippen molar-refractivity contribution < 1.29 is 0 Å². The van der Waals surface area contributed by atoms with Crippen LogP contribution >= 0.6 is 0 Å². The molecule has 0 saturated carbocycles. The monoisotopic (exact) mass is 269 g/mol. The van der Waals surface area contributed by atoms with Crippen LogP contribution in [0.1, 0.15) is 23.6 Å². The summed E-state index contributed by atoms with van der Waals surface area (Å²) < 4.78 is 0. The largest absolute Gasteiger partial charge is 0.344 e. The Morgan fingerprint density at radius 3 is 2.50 bits per heavy atom. The van der Waals surface area contributed by atoms with Crippen molar-refractivity contribution in [1.29, 1.82) is 0 Å². The zero-order chi connectivity index (χ0) is 14.5. The van der Waals surface area contributed by atoms with Crippen LogP contribution in [0.3, 0.4) is 0 Å². The molecule has 2 aromatic rings. The Labute approximate surface area is 121 Å². The third-order valence-electron chi connectivity index (χ3n) is 3.40. The van der Waals surface area contributed by atoms with Crippen LogP contribution in [0.15, 0.2) is 36.7 Å². The fourth-order valence-corrected chi connectivity index (χ4v) is 2.43. The molecule has 0 aliphatic carbocycles. The number of hydrogen-bond donors (Lipinski definition) is 1. The summed E-state index contributed by atoms with van der Waals surface area (Å²) in [6.07, 6.45) is 3.79. The van der Waals surface area contributed by atoms with Gasteiger partial charge < -0.3 is 10.2 Å². The zero-order valence-corrected chi connectivity index (χ0v) is 12.8. The number of nitrogens with zero attached hydrogens (tertiary/aromatic N) is 2. The quantitative estimate of drug-likeness (QED) is 0.899. The molecule has 1 aromatic heterocycles. The lowest BCUT2D eigenvalue weighted by molar-refractivity contribution is 0.724. The molecule has 3 heteroatoms. The van der Waals surface area contributed by atoms with Gasteiger partial charge in [0, 0.05) is 42.9 Å². The van der Waals surface area contributed by atoms with Gasteiger partial charge in [-0.1, -0.05) is 13.0 Å². The molecule has 3 nitrogen and oxygen atoms in total. The summed E-state index contributed by atoms with van der Waals surface area (Å²) in [5.41, 5.74) is 6.21. The van der Waals surface area contributed by atoms with Crippen molar-refractivity contribution in [1.82, 2.24) is 10.3 Å². The Balaban J connectivity index is 2.34. The molecule has 1 heterocycles. The smallest absolute Gasteiger partial charge is 0.0484 e. The predicted octanol–water partition coefficient (Wildman–Crippen LogP) is 3.58. The number of aryl methyl sites for hydroxylation is 2. The molecule has 0 saturated heterocycles. The van der Waals surface area contributed by atoms with Crippen LogP contribution < -0.4 is 10.2 Å². The lowest BCUT2D eigenvalue weighted by Gasteiger charge is -2.23. The lowest BCUT2D eigenvalue weighted by atomic mass is 10.1. The molecule has 1 aromatic carbocycles. The topological polar surface area (TPSA) is 28.2 Å². The van der Waals surface area contributed by atoms with Crippen molar-refractivity contribution in [3.63, 3.8) is 0 Å². The van der Waals surface area contributed by atoms with Crippen LogP contribution in [0.25, 0.3) is 0 Å². The van der Waals surface area contributed by atoms with Crippen LogP contribution in [0.2, 0.25) is 0 Å². The highest BCUT2D eigenvalue weighted by Gasteiger charge is 2.09. The Morgan fingerprint density at radius 1 is 1.15 bits per heavy atom. The first kappa shape index (κ1) is 14.5. The Hall–Kier alpha value is -1.87. The van der Waals surface area contributed by atoms with Crippen LogP contribution in [0.5, 0.6) is 0 Å². The summed E-state index contributed by atoms with van der Waals surface area (Å²) in [5, 5.41) is 3.37. The van der Waals surface area contributed by atoms with Gasteiger partial charge in [0.1, 0.15) is 0 Å². The van der Waals surface area contributed by atoms with Crippen molar-refractivity contribution in [2.24, 2.45) is 0 Å². The van der Waals surface area contributed by atoms with Crippen LogP contribution in [0.4, 0.5) is 11.4 Å². The van der Waals surface area contributed by atoms with E-state index in [1.54, 1.807) is 0 Å². The van der Waals surface area contributed by atoms with Gasteiger partial charge in [-0.25, -0.2) is 0 Å². The zero-order valence-electron chi connectivity index (χ0n) is 12.8. The van der Waals surface area contributed by atoms with E-state index in [1.165, 1.54) is 28.1 Å². The molecule has 106 valence electrons. The Kier molecular flexibility index (Phi) is 4.74. The second-order valence-electron chi connectivity index (χ2n) is 5.19. The number of anilines is 2. The summed E-state index contributed by atoms with van der Waals surface area (Å²) in [4.78, 5) is 6.47. The fraction of sp³-hybridized carbons (Fsp3) is 0.353. The molecule has 0 fully saturated rings. The minimum Gasteiger partial charge on any atom is -0.344 e. The lowest BCUT2D eigenvalue weighted by Crippen LogP contribution is -2.17. The van der Waals surface area contributed by atoms with Gasteiger partial charge in [-0.05, 0) is 49.7 Å². The molecule has 0 amide bonds. The van der Waals surface area contributed by atoms with Gasteiger partial charge in [0.15, 0.2) is 0 Å². The fourth-order valence-electron chi connectivity index (χ4n) is 2.43. The molecule has 0 bridgehead atoms. The Bertz CT molecular complexity index is 558. The Morgan fingerprint density at radius 2 is 1.85 bits per heavy atom. The molecule has 0 aliphatic rings. The summed E-state index contributed by atoms with van der Waals surface area (Å²) in [6, 6.07) is 8.70. The highest BCUT2D eigenvalue weighted by molar-refractivity contribution is 5.66. The third-order valence-corrected chi connectivity index (χ3v) is 3.40. The van der Waals surface area contributed by atoms with Gasteiger partial charge in [0.2, 0.25) is 0 Å². The van der Waals surface area contributed by atoms with Crippen molar-refractivity contribution in [2.45, 2.75) is 27.3 Å². The van der Waals surface area contributed by atoms with Crippen LogP contribution in [-0.4, -0.2) is 18.6 Å². The van der Waals surface area contributed by atoms with E-state index in [9.17, 15) is 0 Å². The summed E-state index contributed by atoms with van der Waals surface area (Å²) in [5.74, 6) is 0.